The molecule has 1 saturated heterocycles. The molecule has 1 heterocycles. The number of likely N-dealkylation sites (N-methyl/N-ethyl adjacent to an activating group) is 1. The molecule has 0 aromatic heterocycles. The summed E-state index contributed by atoms with van der Waals surface area (Å²) in [6.45, 7) is 1.58. The van der Waals surface area contributed by atoms with Crippen LogP contribution in [0.1, 0.15) is 0 Å². The van der Waals surface area contributed by atoms with E-state index in [0.29, 0.717) is 19.8 Å². The number of carbonyl (C=O) groups is 1. The minimum Gasteiger partial charge on any atom is -0.468 e. The van der Waals surface area contributed by atoms with Crippen LogP contribution in [0.4, 0.5) is 0 Å². The summed E-state index contributed by atoms with van der Waals surface area (Å²) < 4.78 is 14.9. The third-order valence-corrected chi connectivity index (χ3v) is 1.94. The molecule has 0 bridgehead atoms. The Bertz CT molecular complexity index is 170. The molecule has 0 aromatic rings. The number of rotatable bonds is 5. The molecule has 1 aliphatic rings. The van der Waals surface area contributed by atoms with Gasteiger partial charge in [0, 0.05) is 0 Å². The van der Waals surface area contributed by atoms with E-state index in [0.717, 1.165) is 0 Å². The summed E-state index contributed by atoms with van der Waals surface area (Å²) in [5.41, 5.74) is 0. The molecule has 76 valence electrons. The van der Waals surface area contributed by atoms with E-state index in [9.17, 15) is 4.79 Å². The molecule has 5 heteroatoms. The summed E-state index contributed by atoms with van der Waals surface area (Å²) in [4.78, 5) is 11.1. The minimum atomic E-state index is -0.384. The summed E-state index contributed by atoms with van der Waals surface area (Å²) in [6.07, 6.45) is 0.139. The van der Waals surface area contributed by atoms with Crippen molar-refractivity contribution in [3.8, 4) is 0 Å². The van der Waals surface area contributed by atoms with Gasteiger partial charge in [0.15, 0.2) is 0 Å². The van der Waals surface area contributed by atoms with Crippen molar-refractivity contribution in [1.29, 1.82) is 0 Å². The van der Waals surface area contributed by atoms with Gasteiger partial charge >= 0.3 is 5.97 Å². The van der Waals surface area contributed by atoms with Gasteiger partial charge in [-0.2, -0.15) is 0 Å². The van der Waals surface area contributed by atoms with Gasteiger partial charge in [-0.3, -0.25) is 4.79 Å². The van der Waals surface area contributed by atoms with Crippen LogP contribution in [0.3, 0.4) is 0 Å². The van der Waals surface area contributed by atoms with Crippen molar-refractivity contribution in [1.82, 2.24) is 5.32 Å². The first-order valence-corrected chi connectivity index (χ1v) is 4.22. The van der Waals surface area contributed by atoms with E-state index in [1.807, 2.05) is 0 Å². The lowest BCUT2D eigenvalue weighted by molar-refractivity contribution is -0.154. The standard InChI is InChI=1S/C8H15NO4/c1-9-7(8(10)11-2)5-13-6-3-12-4-6/h6-7,9H,3-5H2,1-2H3. The first-order valence-electron chi connectivity index (χ1n) is 4.22. The Hall–Kier alpha value is -0.650. The van der Waals surface area contributed by atoms with E-state index < -0.39 is 0 Å². The molecule has 0 aromatic carbocycles. The van der Waals surface area contributed by atoms with Gasteiger partial charge in [0.05, 0.1) is 26.9 Å². The zero-order valence-corrected chi connectivity index (χ0v) is 7.91. The highest BCUT2D eigenvalue weighted by atomic mass is 16.6. The molecular formula is C8H15NO4. The number of carbonyl (C=O) groups excluding carboxylic acids is 1. The number of hydrogen-bond donors (Lipinski definition) is 1. The van der Waals surface area contributed by atoms with E-state index in [1.54, 1.807) is 7.05 Å². The van der Waals surface area contributed by atoms with Gasteiger partial charge in [-0.15, -0.1) is 0 Å². The van der Waals surface area contributed by atoms with Crippen molar-refractivity contribution in [3.05, 3.63) is 0 Å². The molecule has 1 atom stereocenters. The summed E-state index contributed by atoms with van der Waals surface area (Å²) in [5.74, 6) is -0.303. The van der Waals surface area contributed by atoms with Gasteiger partial charge in [-0.1, -0.05) is 0 Å². The lowest BCUT2D eigenvalue weighted by Crippen LogP contribution is -2.44. The lowest BCUT2D eigenvalue weighted by Gasteiger charge is -2.27. The zero-order chi connectivity index (χ0) is 9.68. The molecule has 1 rings (SSSR count). The molecule has 1 unspecified atom stereocenters. The maximum atomic E-state index is 11.1. The van der Waals surface area contributed by atoms with Crippen LogP contribution >= 0.6 is 0 Å². The van der Waals surface area contributed by atoms with E-state index in [2.05, 4.69) is 10.1 Å². The van der Waals surface area contributed by atoms with E-state index in [4.69, 9.17) is 9.47 Å². The molecule has 1 N–H and O–H groups in total. The van der Waals surface area contributed by atoms with Crippen molar-refractivity contribution < 1.29 is 19.0 Å². The first kappa shape index (κ1) is 10.4. The molecule has 5 nitrogen and oxygen atoms in total. The number of ether oxygens (including phenoxy) is 3. The Morgan fingerprint density at radius 3 is 2.77 bits per heavy atom. The smallest absolute Gasteiger partial charge is 0.325 e. The van der Waals surface area contributed by atoms with Crippen LogP contribution in [0, 0.1) is 0 Å². The number of hydrogen-bond acceptors (Lipinski definition) is 5. The van der Waals surface area contributed by atoms with Crippen molar-refractivity contribution in [2.75, 3.05) is 34.0 Å². The van der Waals surface area contributed by atoms with Crippen LogP contribution in [-0.2, 0) is 19.0 Å². The molecule has 1 aliphatic heterocycles. The van der Waals surface area contributed by atoms with E-state index in [-0.39, 0.29) is 18.1 Å². The molecule has 0 spiro atoms. The van der Waals surface area contributed by atoms with Gasteiger partial charge in [0.25, 0.3) is 0 Å². The summed E-state index contributed by atoms with van der Waals surface area (Å²) in [7, 11) is 3.06. The minimum absolute atomic E-state index is 0.139. The second kappa shape index (κ2) is 5.16. The zero-order valence-electron chi connectivity index (χ0n) is 7.91. The maximum absolute atomic E-state index is 11.1. The highest BCUT2D eigenvalue weighted by Crippen LogP contribution is 2.05. The predicted molar refractivity (Wildman–Crippen MR) is 45.4 cm³/mol. The van der Waals surface area contributed by atoms with Crippen LogP contribution in [0.2, 0.25) is 0 Å². The molecule has 0 radical (unpaired) electrons. The summed E-state index contributed by atoms with van der Waals surface area (Å²) in [6, 6.07) is -0.384. The third kappa shape index (κ3) is 2.95. The lowest BCUT2D eigenvalue weighted by atomic mass is 10.3. The topological polar surface area (TPSA) is 56.8 Å². The van der Waals surface area contributed by atoms with Crippen LogP contribution in [0.25, 0.3) is 0 Å². The second-order valence-electron chi connectivity index (χ2n) is 2.86. The van der Waals surface area contributed by atoms with Gasteiger partial charge < -0.3 is 19.5 Å². The summed E-state index contributed by atoms with van der Waals surface area (Å²) in [5, 5.41) is 2.82. The summed E-state index contributed by atoms with van der Waals surface area (Å²) >= 11 is 0. The van der Waals surface area contributed by atoms with Crippen LogP contribution in [0.5, 0.6) is 0 Å². The second-order valence-corrected chi connectivity index (χ2v) is 2.86. The Morgan fingerprint density at radius 1 is 1.69 bits per heavy atom. The maximum Gasteiger partial charge on any atom is 0.325 e. The molecule has 0 aliphatic carbocycles. The molecule has 0 saturated carbocycles. The van der Waals surface area contributed by atoms with Crippen molar-refractivity contribution >= 4 is 5.97 Å². The van der Waals surface area contributed by atoms with Crippen LogP contribution < -0.4 is 5.32 Å². The highest BCUT2D eigenvalue weighted by molar-refractivity contribution is 5.75. The molecular weight excluding hydrogens is 174 g/mol. The first-order chi connectivity index (χ1) is 6.27. The fourth-order valence-corrected chi connectivity index (χ4v) is 0.954. The third-order valence-electron chi connectivity index (χ3n) is 1.94. The normalized spacial score (nSPS) is 19.2. The van der Waals surface area contributed by atoms with Gasteiger partial charge in [-0.05, 0) is 7.05 Å². The van der Waals surface area contributed by atoms with Gasteiger partial charge in [0.2, 0.25) is 0 Å². The van der Waals surface area contributed by atoms with E-state index >= 15 is 0 Å². The highest BCUT2D eigenvalue weighted by Gasteiger charge is 2.23. The number of methoxy groups -OCH3 is 1. The van der Waals surface area contributed by atoms with Crippen LogP contribution in [-0.4, -0.2) is 52.1 Å². The largest absolute Gasteiger partial charge is 0.468 e. The Balaban J connectivity index is 2.18. The van der Waals surface area contributed by atoms with Gasteiger partial charge in [0.1, 0.15) is 12.1 Å². The van der Waals surface area contributed by atoms with Gasteiger partial charge in [-0.25, -0.2) is 0 Å². The molecule has 1 fully saturated rings. The quantitative estimate of drug-likeness (QED) is 0.572. The fraction of sp³-hybridized carbons (Fsp3) is 0.875. The average Bonchev–Trinajstić information content (AvgIpc) is 2.08. The Labute approximate surface area is 77.3 Å². The predicted octanol–water partition coefficient (Wildman–Crippen LogP) is -0.837. The van der Waals surface area contributed by atoms with Crippen molar-refractivity contribution in [3.63, 3.8) is 0 Å². The van der Waals surface area contributed by atoms with Crippen LogP contribution in [0.15, 0.2) is 0 Å². The monoisotopic (exact) mass is 189 g/mol. The van der Waals surface area contributed by atoms with E-state index in [1.165, 1.54) is 7.11 Å². The average molecular weight is 189 g/mol. The molecule has 0 amide bonds. The Morgan fingerprint density at radius 2 is 2.38 bits per heavy atom. The molecule has 13 heavy (non-hydrogen) atoms. The Kier molecular flexibility index (Phi) is 4.14. The van der Waals surface area contributed by atoms with Crippen molar-refractivity contribution in [2.24, 2.45) is 0 Å². The fourth-order valence-electron chi connectivity index (χ4n) is 0.954. The number of esters is 1. The number of nitrogens with one attached hydrogen (secondary N) is 1. The SMILES string of the molecule is CNC(COC1COC1)C(=O)OC. The van der Waals surface area contributed by atoms with Crippen molar-refractivity contribution in [2.45, 2.75) is 12.1 Å².